The number of hydrogen-bond acceptors (Lipinski definition) is 4. The van der Waals surface area contributed by atoms with Crippen LogP contribution in [-0.4, -0.2) is 21.5 Å². The van der Waals surface area contributed by atoms with Crippen LogP contribution in [0.5, 0.6) is 0 Å². The van der Waals surface area contributed by atoms with E-state index >= 15 is 0 Å². The molecule has 94 valence electrons. The summed E-state index contributed by atoms with van der Waals surface area (Å²) < 4.78 is 12.8. The molecule has 0 aliphatic carbocycles. The van der Waals surface area contributed by atoms with Crippen molar-refractivity contribution in [3.05, 3.63) is 30.1 Å². The number of alkyl halides is 1. The number of nitrogens with one attached hydrogen (secondary N) is 1. The molecule has 1 heterocycles. The smallest absolute Gasteiger partial charge is 0.243 e. The van der Waals surface area contributed by atoms with E-state index in [1.54, 1.807) is 19.1 Å². The van der Waals surface area contributed by atoms with Gasteiger partial charge in [0.05, 0.1) is 0 Å². The summed E-state index contributed by atoms with van der Waals surface area (Å²) in [6.07, 6.45) is 0. The Morgan fingerprint density at radius 1 is 1.39 bits per heavy atom. The van der Waals surface area contributed by atoms with Gasteiger partial charge >= 0.3 is 0 Å². The Morgan fingerprint density at radius 3 is 2.67 bits per heavy atom. The van der Waals surface area contributed by atoms with Crippen LogP contribution in [0, 0.1) is 5.82 Å². The van der Waals surface area contributed by atoms with Gasteiger partial charge in [0.1, 0.15) is 16.2 Å². The molecule has 2 aromatic rings. The van der Waals surface area contributed by atoms with Crippen LogP contribution in [0.25, 0.3) is 10.6 Å². The maximum Gasteiger partial charge on any atom is 0.243 e. The van der Waals surface area contributed by atoms with Crippen LogP contribution in [0.15, 0.2) is 24.3 Å². The highest BCUT2D eigenvalue weighted by molar-refractivity contribution is 7.18. The zero-order valence-corrected chi connectivity index (χ0v) is 10.9. The third-order valence-corrected chi connectivity index (χ3v) is 3.19. The summed E-state index contributed by atoms with van der Waals surface area (Å²) in [6.45, 7) is 1.57. The molecule has 0 saturated carbocycles. The Bertz CT molecular complexity index is 556. The zero-order valence-electron chi connectivity index (χ0n) is 9.35. The Balaban J connectivity index is 2.15. The van der Waals surface area contributed by atoms with Crippen molar-refractivity contribution >= 4 is 34.0 Å². The first kappa shape index (κ1) is 12.9. The molecule has 0 aliphatic rings. The van der Waals surface area contributed by atoms with Gasteiger partial charge in [-0.25, -0.2) is 4.39 Å². The first-order chi connectivity index (χ1) is 8.56. The fourth-order valence-corrected chi connectivity index (χ4v) is 1.99. The number of rotatable bonds is 3. The maximum absolute atomic E-state index is 12.8. The van der Waals surface area contributed by atoms with Gasteiger partial charge in [0.2, 0.25) is 11.0 Å². The Hall–Kier alpha value is -1.53. The summed E-state index contributed by atoms with van der Waals surface area (Å²) in [5.74, 6) is -0.647. The number of benzene rings is 1. The van der Waals surface area contributed by atoms with Gasteiger partial charge in [0.15, 0.2) is 0 Å². The van der Waals surface area contributed by atoms with Crippen molar-refractivity contribution in [2.24, 2.45) is 0 Å². The molecule has 0 aliphatic heterocycles. The Kier molecular flexibility index (Phi) is 3.88. The minimum absolute atomic E-state index is 0.312. The molecule has 0 spiro atoms. The van der Waals surface area contributed by atoms with E-state index in [-0.39, 0.29) is 11.7 Å². The van der Waals surface area contributed by atoms with Crippen LogP contribution in [0.3, 0.4) is 0 Å². The highest BCUT2D eigenvalue weighted by Crippen LogP contribution is 2.26. The van der Waals surface area contributed by atoms with E-state index < -0.39 is 5.38 Å². The van der Waals surface area contributed by atoms with Gasteiger partial charge in [-0.1, -0.05) is 11.3 Å². The molecule has 4 nitrogen and oxygen atoms in total. The number of halogens is 2. The van der Waals surface area contributed by atoms with Crippen LogP contribution in [0.4, 0.5) is 9.52 Å². The highest BCUT2D eigenvalue weighted by Gasteiger charge is 2.13. The van der Waals surface area contributed by atoms with Crippen LogP contribution >= 0.6 is 22.9 Å². The number of amides is 1. The van der Waals surface area contributed by atoms with Crippen LogP contribution < -0.4 is 5.32 Å². The van der Waals surface area contributed by atoms with Crippen molar-refractivity contribution in [2.75, 3.05) is 5.32 Å². The van der Waals surface area contributed by atoms with Crippen molar-refractivity contribution in [1.29, 1.82) is 0 Å². The van der Waals surface area contributed by atoms with Gasteiger partial charge in [-0.3, -0.25) is 10.1 Å². The predicted octanol–water partition coefficient (Wildman–Crippen LogP) is 2.91. The number of anilines is 1. The van der Waals surface area contributed by atoms with E-state index in [0.717, 1.165) is 5.56 Å². The molecular formula is C11H9ClFN3OS. The normalized spacial score (nSPS) is 12.2. The minimum atomic E-state index is -0.636. The van der Waals surface area contributed by atoms with Crippen LogP contribution in [0.2, 0.25) is 0 Å². The number of hydrogen-bond donors (Lipinski definition) is 1. The molecule has 0 fully saturated rings. The monoisotopic (exact) mass is 285 g/mol. The fourth-order valence-electron chi connectivity index (χ4n) is 1.19. The van der Waals surface area contributed by atoms with Crippen LogP contribution in [0.1, 0.15) is 6.92 Å². The molecule has 1 N–H and O–H groups in total. The molecule has 0 radical (unpaired) electrons. The SMILES string of the molecule is CC(Cl)C(=O)Nc1nnc(-c2ccc(F)cc2)s1. The van der Waals surface area contributed by atoms with E-state index in [1.807, 2.05) is 0 Å². The van der Waals surface area contributed by atoms with Gasteiger partial charge in [-0.15, -0.1) is 21.8 Å². The molecule has 1 unspecified atom stereocenters. The zero-order chi connectivity index (χ0) is 13.1. The van der Waals surface area contributed by atoms with Crippen molar-refractivity contribution < 1.29 is 9.18 Å². The van der Waals surface area contributed by atoms with Gasteiger partial charge in [-0.2, -0.15) is 0 Å². The average Bonchev–Trinajstić information content (AvgIpc) is 2.78. The lowest BCUT2D eigenvalue weighted by Crippen LogP contribution is -2.20. The second-order valence-corrected chi connectivity index (χ2v) is 5.16. The lowest BCUT2D eigenvalue weighted by Gasteiger charge is -2.00. The molecule has 1 aromatic carbocycles. The second-order valence-electron chi connectivity index (χ2n) is 3.52. The minimum Gasteiger partial charge on any atom is -0.299 e. The van der Waals surface area contributed by atoms with Crippen molar-refractivity contribution in [2.45, 2.75) is 12.3 Å². The number of nitrogens with zero attached hydrogens (tertiary/aromatic N) is 2. The predicted molar refractivity (Wildman–Crippen MR) is 69.2 cm³/mol. The van der Waals surface area contributed by atoms with Crippen molar-refractivity contribution in [3.8, 4) is 10.6 Å². The largest absolute Gasteiger partial charge is 0.299 e. The lowest BCUT2D eigenvalue weighted by molar-refractivity contribution is -0.115. The van der Waals surface area contributed by atoms with Crippen molar-refractivity contribution in [1.82, 2.24) is 10.2 Å². The van der Waals surface area contributed by atoms with Gasteiger partial charge < -0.3 is 0 Å². The molecule has 0 bridgehead atoms. The summed E-state index contributed by atoms with van der Waals surface area (Å²) in [5.41, 5.74) is 0.744. The first-order valence-corrected chi connectivity index (χ1v) is 6.36. The Labute approximate surface area is 112 Å². The van der Waals surface area contributed by atoms with E-state index in [2.05, 4.69) is 15.5 Å². The molecular weight excluding hydrogens is 277 g/mol. The van der Waals surface area contributed by atoms with E-state index in [9.17, 15) is 9.18 Å². The molecule has 1 amide bonds. The average molecular weight is 286 g/mol. The van der Waals surface area contributed by atoms with E-state index in [0.29, 0.717) is 10.1 Å². The second kappa shape index (κ2) is 5.41. The number of carbonyl (C=O) groups is 1. The molecule has 7 heteroatoms. The molecule has 1 aromatic heterocycles. The standard InChI is InChI=1S/C11H9ClFN3OS/c1-6(12)9(17)14-11-16-15-10(18-11)7-2-4-8(13)5-3-7/h2-6H,1H3,(H,14,16,17). The number of carbonyl (C=O) groups excluding carboxylic acids is 1. The highest BCUT2D eigenvalue weighted by atomic mass is 35.5. The number of aromatic nitrogens is 2. The molecule has 18 heavy (non-hydrogen) atoms. The maximum atomic E-state index is 12.8. The van der Waals surface area contributed by atoms with Gasteiger partial charge in [0, 0.05) is 5.56 Å². The quantitative estimate of drug-likeness (QED) is 0.882. The summed E-state index contributed by atoms with van der Waals surface area (Å²) in [7, 11) is 0. The lowest BCUT2D eigenvalue weighted by atomic mass is 10.2. The van der Waals surface area contributed by atoms with Crippen LogP contribution in [-0.2, 0) is 4.79 Å². The summed E-state index contributed by atoms with van der Waals surface area (Å²) >= 11 is 6.82. The third kappa shape index (κ3) is 3.02. The summed E-state index contributed by atoms with van der Waals surface area (Å²) in [5, 5.41) is 10.6. The van der Waals surface area contributed by atoms with E-state index in [1.165, 1.54) is 23.5 Å². The third-order valence-electron chi connectivity index (χ3n) is 2.11. The summed E-state index contributed by atoms with van der Waals surface area (Å²) in [4.78, 5) is 11.3. The van der Waals surface area contributed by atoms with Gasteiger partial charge in [-0.05, 0) is 31.2 Å². The summed E-state index contributed by atoms with van der Waals surface area (Å²) in [6, 6.07) is 5.89. The van der Waals surface area contributed by atoms with Crippen molar-refractivity contribution in [3.63, 3.8) is 0 Å². The Morgan fingerprint density at radius 2 is 2.06 bits per heavy atom. The topological polar surface area (TPSA) is 54.9 Å². The first-order valence-electron chi connectivity index (χ1n) is 5.10. The molecule has 2 rings (SSSR count). The van der Waals surface area contributed by atoms with E-state index in [4.69, 9.17) is 11.6 Å². The fraction of sp³-hybridized carbons (Fsp3) is 0.182. The molecule has 0 saturated heterocycles. The molecule has 1 atom stereocenters. The van der Waals surface area contributed by atoms with Gasteiger partial charge in [0.25, 0.3) is 0 Å².